The van der Waals surface area contributed by atoms with Crippen LogP contribution in [0.5, 0.6) is 0 Å². The maximum atomic E-state index is 13.7. The SMILES string of the molecule is CCN1CC=C(C(F)(F)F)C=C1c1ccc(NC(=O)c2c(F)ccc(F)c2F)nc1. The highest BCUT2D eigenvalue weighted by Gasteiger charge is 2.34. The molecule has 0 saturated carbocycles. The van der Waals surface area contributed by atoms with Crippen molar-refractivity contribution in [1.29, 1.82) is 0 Å². The van der Waals surface area contributed by atoms with E-state index in [1.807, 2.05) is 0 Å². The van der Waals surface area contributed by atoms with Gasteiger partial charge in [0.15, 0.2) is 11.6 Å². The summed E-state index contributed by atoms with van der Waals surface area (Å²) in [5, 5.41) is 2.13. The Labute approximate surface area is 167 Å². The Morgan fingerprint density at radius 1 is 1.13 bits per heavy atom. The van der Waals surface area contributed by atoms with Gasteiger partial charge in [-0.3, -0.25) is 4.79 Å². The lowest BCUT2D eigenvalue weighted by atomic mass is 10.0. The van der Waals surface area contributed by atoms with E-state index in [2.05, 4.69) is 10.3 Å². The average Bonchev–Trinajstić information content (AvgIpc) is 2.70. The van der Waals surface area contributed by atoms with E-state index in [0.717, 1.165) is 12.2 Å². The van der Waals surface area contributed by atoms with Crippen LogP contribution in [0.2, 0.25) is 0 Å². The van der Waals surface area contributed by atoms with Crippen LogP contribution in [-0.2, 0) is 0 Å². The minimum atomic E-state index is -4.49. The number of hydrogen-bond acceptors (Lipinski definition) is 3. The van der Waals surface area contributed by atoms with Crippen molar-refractivity contribution in [2.24, 2.45) is 0 Å². The van der Waals surface area contributed by atoms with Crippen LogP contribution in [0, 0.1) is 17.5 Å². The number of pyridine rings is 1. The molecular weight excluding hydrogens is 412 g/mol. The molecule has 30 heavy (non-hydrogen) atoms. The van der Waals surface area contributed by atoms with Crippen LogP contribution in [-0.4, -0.2) is 35.1 Å². The fourth-order valence-corrected chi connectivity index (χ4v) is 2.90. The third kappa shape index (κ3) is 4.32. The lowest BCUT2D eigenvalue weighted by molar-refractivity contribution is -0.0887. The van der Waals surface area contributed by atoms with Gasteiger partial charge in [0.05, 0.1) is 5.57 Å². The van der Waals surface area contributed by atoms with Gasteiger partial charge in [-0.15, -0.1) is 0 Å². The Bertz CT molecular complexity index is 1030. The fraction of sp³-hybridized carbons (Fsp3) is 0.200. The van der Waals surface area contributed by atoms with Gasteiger partial charge in [0.25, 0.3) is 5.91 Å². The molecule has 0 fully saturated rings. The van der Waals surface area contributed by atoms with Crippen LogP contribution in [0.3, 0.4) is 0 Å². The van der Waals surface area contributed by atoms with E-state index in [4.69, 9.17) is 0 Å². The van der Waals surface area contributed by atoms with E-state index in [1.165, 1.54) is 18.3 Å². The molecular formula is C20H15F6N3O. The number of benzene rings is 1. The van der Waals surface area contributed by atoms with Crippen molar-refractivity contribution in [3.8, 4) is 0 Å². The first-order valence-corrected chi connectivity index (χ1v) is 8.77. The van der Waals surface area contributed by atoms with E-state index in [9.17, 15) is 31.1 Å². The Balaban J connectivity index is 1.84. The second kappa shape index (κ2) is 8.21. The van der Waals surface area contributed by atoms with E-state index in [0.29, 0.717) is 29.9 Å². The topological polar surface area (TPSA) is 45.2 Å². The molecule has 1 aliphatic heterocycles. The van der Waals surface area contributed by atoms with E-state index < -0.39 is 40.7 Å². The Morgan fingerprint density at radius 2 is 1.83 bits per heavy atom. The Morgan fingerprint density at radius 3 is 2.43 bits per heavy atom. The molecule has 0 spiro atoms. The summed E-state index contributed by atoms with van der Waals surface area (Å²) in [4.78, 5) is 17.7. The predicted molar refractivity (Wildman–Crippen MR) is 97.9 cm³/mol. The second-order valence-electron chi connectivity index (χ2n) is 6.33. The maximum absolute atomic E-state index is 13.7. The molecule has 0 saturated heterocycles. The van der Waals surface area contributed by atoms with Gasteiger partial charge >= 0.3 is 6.18 Å². The summed E-state index contributed by atoms with van der Waals surface area (Å²) in [6, 6.07) is 3.84. The van der Waals surface area contributed by atoms with Gasteiger partial charge < -0.3 is 10.2 Å². The Hall–Kier alpha value is -3.30. The van der Waals surface area contributed by atoms with Crippen molar-refractivity contribution in [3.63, 3.8) is 0 Å². The molecule has 1 amide bonds. The van der Waals surface area contributed by atoms with Gasteiger partial charge in [0.2, 0.25) is 0 Å². The number of nitrogens with zero attached hydrogens (tertiary/aromatic N) is 2. The highest BCUT2D eigenvalue weighted by molar-refractivity contribution is 6.04. The number of carbonyl (C=O) groups excluding carboxylic acids is 1. The zero-order valence-corrected chi connectivity index (χ0v) is 15.5. The first-order chi connectivity index (χ1) is 14.1. The number of carbonyl (C=O) groups is 1. The molecule has 1 N–H and O–H groups in total. The number of aromatic nitrogens is 1. The molecule has 1 aliphatic rings. The number of rotatable bonds is 4. The molecule has 2 aromatic rings. The predicted octanol–water partition coefficient (Wildman–Crippen LogP) is 4.92. The van der Waals surface area contributed by atoms with Crippen LogP contribution in [0.15, 0.2) is 48.2 Å². The molecule has 1 aromatic heterocycles. The van der Waals surface area contributed by atoms with Gasteiger partial charge in [-0.05, 0) is 37.3 Å². The van der Waals surface area contributed by atoms with Gasteiger partial charge in [-0.25, -0.2) is 18.2 Å². The third-order valence-electron chi connectivity index (χ3n) is 4.45. The molecule has 2 heterocycles. The minimum Gasteiger partial charge on any atom is -0.368 e. The zero-order valence-electron chi connectivity index (χ0n) is 15.5. The maximum Gasteiger partial charge on any atom is 0.416 e. The number of nitrogens with one attached hydrogen (secondary N) is 1. The molecule has 0 bridgehead atoms. The molecule has 0 unspecified atom stereocenters. The molecule has 0 atom stereocenters. The quantitative estimate of drug-likeness (QED) is 0.557. The molecule has 0 aliphatic carbocycles. The lowest BCUT2D eigenvalue weighted by Gasteiger charge is -2.29. The first-order valence-electron chi connectivity index (χ1n) is 8.77. The monoisotopic (exact) mass is 427 g/mol. The summed E-state index contributed by atoms with van der Waals surface area (Å²) in [5.74, 6) is -5.64. The summed E-state index contributed by atoms with van der Waals surface area (Å²) < 4.78 is 79.8. The van der Waals surface area contributed by atoms with Crippen molar-refractivity contribution >= 4 is 17.4 Å². The number of hydrogen-bond donors (Lipinski definition) is 1. The normalized spacial score (nSPS) is 14.3. The lowest BCUT2D eigenvalue weighted by Crippen LogP contribution is -2.27. The van der Waals surface area contributed by atoms with E-state index in [-0.39, 0.29) is 12.4 Å². The standard InChI is InChI=1S/C20H15F6N3O/c1-2-29-8-7-12(20(24,25)26)9-15(29)11-3-6-16(27-10-11)28-19(30)17-13(21)4-5-14(22)18(17)23/h3-7,9-10H,2,8H2,1H3,(H,27,28,30). The van der Waals surface area contributed by atoms with Crippen molar-refractivity contribution in [1.82, 2.24) is 9.88 Å². The Kier molecular flexibility index (Phi) is 5.86. The minimum absolute atomic E-state index is 0.0633. The summed E-state index contributed by atoms with van der Waals surface area (Å²) >= 11 is 0. The van der Waals surface area contributed by atoms with Gasteiger partial charge in [0.1, 0.15) is 17.2 Å². The van der Waals surface area contributed by atoms with Gasteiger partial charge in [-0.2, -0.15) is 13.2 Å². The summed E-state index contributed by atoms with van der Waals surface area (Å²) in [5.41, 5.74) is -1.24. The van der Waals surface area contributed by atoms with Crippen LogP contribution < -0.4 is 5.32 Å². The molecule has 158 valence electrons. The van der Waals surface area contributed by atoms with Crippen molar-refractivity contribution in [2.75, 3.05) is 18.4 Å². The number of allylic oxidation sites excluding steroid dienone is 2. The van der Waals surface area contributed by atoms with Crippen LogP contribution in [0.25, 0.3) is 5.70 Å². The molecule has 0 radical (unpaired) electrons. The highest BCUT2D eigenvalue weighted by Crippen LogP contribution is 2.33. The van der Waals surface area contributed by atoms with Crippen molar-refractivity contribution in [2.45, 2.75) is 13.1 Å². The van der Waals surface area contributed by atoms with Gasteiger partial charge in [0, 0.05) is 30.5 Å². The van der Waals surface area contributed by atoms with Gasteiger partial charge in [-0.1, -0.05) is 6.08 Å². The van der Waals surface area contributed by atoms with E-state index in [1.54, 1.807) is 11.8 Å². The third-order valence-corrected chi connectivity index (χ3v) is 4.45. The number of alkyl halides is 3. The number of anilines is 1. The molecule has 3 rings (SSSR count). The molecule has 10 heteroatoms. The molecule has 4 nitrogen and oxygen atoms in total. The molecule has 1 aromatic carbocycles. The first kappa shape index (κ1) is 21.4. The van der Waals surface area contributed by atoms with Crippen molar-refractivity contribution < 1.29 is 31.1 Å². The zero-order chi connectivity index (χ0) is 22.1. The van der Waals surface area contributed by atoms with E-state index >= 15 is 0 Å². The van der Waals surface area contributed by atoms with Crippen LogP contribution in [0.1, 0.15) is 22.8 Å². The van der Waals surface area contributed by atoms with Crippen LogP contribution in [0.4, 0.5) is 32.2 Å². The second-order valence-corrected chi connectivity index (χ2v) is 6.33. The summed E-state index contributed by atoms with van der Waals surface area (Å²) in [6.07, 6.45) is -1.19. The summed E-state index contributed by atoms with van der Waals surface area (Å²) in [6.45, 7) is 2.29. The number of likely N-dealkylation sites (N-methyl/N-ethyl adjacent to an activating group) is 1. The largest absolute Gasteiger partial charge is 0.416 e. The van der Waals surface area contributed by atoms with Crippen LogP contribution >= 0.6 is 0 Å². The fourth-order valence-electron chi connectivity index (χ4n) is 2.90. The smallest absolute Gasteiger partial charge is 0.368 e. The number of amides is 1. The summed E-state index contributed by atoms with van der Waals surface area (Å²) in [7, 11) is 0. The van der Waals surface area contributed by atoms with Crippen molar-refractivity contribution in [3.05, 3.63) is 76.8 Å². The number of halogens is 6. The average molecular weight is 427 g/mol. The highest BCUT2D eigenvalue weighted by atomic mass is 19.4.